The van der Waals surface area contributed by atoms with Gasteiger partial charge in [0.2, 0.25) is 18.2 Å². The number of carbonyl (C=O) groups excluding carboxylic acids is 3. The predicted molar refractivity (Wildman–Crippen MR) is 60.4 cm³/mol. The molecule has 140 valence electrons. The van der Waals surface area contributed by atoms with E-state index in [2.05, 4.69) is 14.0 Å². The topological polar surface area (TPSA) is 88.3 Å². The number of rotatable bonds is 8. The first-order valence-electron chi connectivity index (χ1n) is 5.61. The van der Waals surface area contributed by atoms with Gasteiger partial charge in [0.1, 0.15) is 0 Å². The Morgan fingerprint density at radius 2 is 1.04 bits per heavy atom. The van der Waals surface area contributed by atoms with E-state index in [0.717, 1.165) is 0 Å². The van der Waals surface area contributed by atoms with Gasteiger partial charge in [-0.2, -0.15) is 53.5 Å². The van der Waals surface area contributed by atoms with Gasteiger partial charge in [-0.25, -0.2) is 14.4 Å². The molecule has 0 saturated carbocycles. The summed E-state index contributed by atoms with van der Waals surface area (Å²) < 4.78 is 122. The van der Waals surface area contributed by atoms with E-state index >= 15 is 0 Å². The van der Waals surface area contributed by atoms with Crippen LogP contribution in [0.3, 0.4) is 0 Å². The van der Waals surface area contributed by atoms with Crippen molar-refractivity contribution in [3.63, 3.8) is 0 Å². The third-order valence-electron chi connectivity index (χ3n) is 2.66. The summed E-state index contributed by atoms with van der Waals surface area (Å²) in [6, 6.07) is -1.68. The van der Waals surface area contributed by atoms with Gasteiger partial charge in [0, 0.05) is 12.5 Å². The highest BCUT2D eigenvalue weighted by atomic mass is 28.4. The Kier molecular flexibility index (Phi) is 6.65. The molecule has 0 aliphatic heterocycles. The van der Waals surface area contributed by atoms with Gasteiger partial charge in [-0.15, -0.1) is 0 Å². The lowest BCUT2D eigenvalue weighted by atomic mass is 10.0. The fourth-order valence-electron chi connectivity index (χ4n) is 1.35. The molecule has 0 aliphatic rings. The normalized spacial score (nSPS) is 15.2. The van der Waals surface area contributed by atoms with Crippen LogP contribution >= 0.6 is 0 Å². The fraction of sp³-hybridized carbons (Fsp3) is 0.667. The summed E-state index contributed by atoms with van der Waals surface area (Å²) in [4.78, 5) is 30.4. The molecule has 16 heteroatoms. The van der Waals surface area contributed by atoms with Crippen LogP contribution in [-0.2, 0) is 14.4 Å². The monoisotopic (exact) mass is 401 g/mol. The Morgan fingerprint density at radius 1 is 0.680 bits per heavy atom. The molecule has 0 saturated heterocycles. The zero-order chi connectivity index (χ0) is 20.2. The summed E-state index contributed by atoms with van der Waals surface area (Å²) in [6.07, 6.45) is -7.56. The maximum Gasteiger partial charge on any atom is 0.467 e. The summed E-state index contributed by atoms with van der Waals surface area (Å²) >= 11 is 0. The van der Waals surface area contributed by atoms with Crippen molar-refractivity contribution >= 4 is 26.8 Å². The first kappa shape index (κ1) is 22.7. The van der Waals surface area contributed by atoms with Gasteiger partial charge >= 0.3 is 32.5 Å². The molecule has 0 amide bonds. The van der Waals surface area contributed by atoms with Crippen LogP contribution in [0.25, 0.3) is 0 Å². The minimum atomic E-state index is -7.11. The van der Waals surface area contributed by atoms with Crippen molar-refractivity contribution in [2.45, 2.75) is 36.4 Å². The fourth-order valence-corrected chi connectivity index (χ4v) is 2.92. The summed E-state index contributed by atoms with van der Waals surface area (Å²) in [5.74, 6) is -20.0. The summed E-state index contributed by atoms with van der Waals surface area (Å²) in [5, 5.41) is 0. The van der Waals surface area contributed by atoms with Crippen LogP contribution in [0.4, 0.5) is 39.5 Å². The maximum absolute atomic E-state index is 13.4. The van der Waals surface area contributed by atoms with Crippen LogP contribution in [-0.4, -0.2) is 50.7 Å². The molecule has 0 rings (SSSR count). The number of halogens is 9. The van der Waals surface area contributed by atoms with Crippen molar-refractivity contribution in [3.8, 4) is 0 Å². The van der Waals surface area contributed by atoms with Crippen molar-refractivity contribution in [1.29, 1.82) is 0 Å². The molecular formula is C9H4F9N3O3Si. The molecule has 0 fully saturated rings. The number of hydrogen-bond donors (Lipinski definition) is 0. The Bertz CT molecular complexity index is 601. The molecule has 0 bridgehead atoms. The molecule has 0 spiro atoms. The van der Waals surface area contributed by atoms with Crippen molar-refractivity contribution < 1.29 is 53.9 Å². The smallest absolute Gasteiger partial charge is 0.212 e. The Morgan fingerprint density at radius 3 is 1.32 bits per heavy atom. The maximum atomic E-state index is 13.4. The van der Waals surface area contributed by atoms with E-state index in [1.54, 1.807) is 0 Å². The molecule has 0 atom stereocenters. The van der Waals surface area contributed by atoms with Crippen LogP contribution < -0.4 is 0 Å². The average Bonchev–Trinajstić information content (AvgIpc) is 2.44. The minimum absolute atomic E-state index is 0.639. The molecule has 0 unspecified atom stereocenters. The van der Waals surface area contributed by atoms with E-state index in [1.165, 1.54) is 0 Å². The minimum Gasteiger partial charge on any atom is -0.212 e. The molecule has 25 heavy (non-hydrogen) atoms. The molecule has 0 aromatic carbocycles. The summed E-state index contributed by atoms with van der Waals surface area (Å²) in [6.45, 7) is 0. The van der Waals surface area contributed by atoms with Crippen molar-refractivity contribution in [3.05, 3.63) is 0 Å². The van der Waals surface area contributed by atoms with Crippen molar-refractivity contribution in [2.24, 2.45) is 14.0 Å². The quantitative estimate of drug-likeness (QED) is 0.271. The Balaban J connectivity index is 5.87. The van der Waals surface area contributed by atoms with Gasteiger partial charge in [-0.05, 0) is 0 Å². The third-order valence-corrected chi connectivity index (χ3v) is 4.93. The lowest BCUT2D eigenvalue weighted by molar-refractivity contribution is -0.396. The summed E-state index contributed by atoms with van der Waals surface area (Å²) in [7, 11) is -4.82. The highest BCUT2D eigenvalue weighted by molar-refractivity contribution is 6.76. The second-order valence-corrected chi connectivity index (χ2v) is 6.95. The van der Waals surface area contributed by atoms with E-state index in [-0.39, 0.29) is 0 Å². The third kappa shape index (κ3) is 4.42. The molecule has 6 nitrogen and oxygen atoms in total. The lowest BCUT2D eigenvalue weighted by Gasteiger charge is -2.34. The van der Waals surface area contributed by atoms with E-state index < -0.39 is 45.0 Å². The van der Waals surface area contributed by atoms with Gasteiger partial charge in [-0.1, -0.05) is 0 Å². The Labute approximate surface area is 132 Å². The standard InChI is InChI=1S/C9H4F9N3O3Si/c10-6(11,7(12,13)8(14,15)9(16,17)18)1-2-25(19-3-22,20-4-23)21-5-24/h1-2H2. The van der Waals surface area contributed by atoms with Crippen LogP contribution in [0, 0.1) is 0 Å². The van der Waals surface area contributed by atoms with Crippen molar-refractivity contribution in [2.75, 3.05) is 0 Å². The second-order valence-electron chi connectivity index (χ2n) is 4.23. The first-order chi connectivity index (χ1) is 11.1. The molecule has 0 aliphatic carbocycles. The number of nitrogens with zero attached hydrogens (tertiary/aromatic N) is 3. The molecular weight excluding hydrogens is 397 g/mol. The van der Waals surface area contributed by atoms with E-state index in [0.29, 0.717) is 18.2 Å². The van der Waals surface area contributed by atoms with Crippen LogP contribution in [0.5, 0.6) is 0 Å². The predicted octanol–water partition coefficient (Wildman–Crippen LogP) is 2.79. The zero-order valence-electron chi connectivity index (χ0n) is 11.4. The molecule has 0 N–H and O–H groups in total. The van der Waals surface area contributed by atoms with Gasteiger partial charge in [-0.3, -0.25) is 0 Å². The zero-order valence-corrected chi connectivity index (χ0v) is 12.4. The van der Waals surface area contributed by atoms with Crippen LogP contribution in [0.2, 0.25) is 6.04 Å². The molecule has 0 aromatic rings. The highest BCUT2D eigenvalue weighted by Crippen LogP contribution is 2.54. The molecule has 0 aromatic heterocycles. The van der Waals surface area contributed by atoms with Crippen LogP contribution in [0.1, 0.15) is 6.42 Å². The van der Waals surface area contributed by atoms with Gasteiger partial charge in [0.25, 0.3) is 0 Å². The van der Waals surface area contributed by atoms with Crippen LogP contribution in [0.15, 0.2) is 14.0 Å². The number of alkyl halides is 9. The van der Waals surface area contributed by atoms with E-state index in [1.807, 2.05) is 0 Å². The van der Waals surface area contributed by atoms with Crippen molar-refractivity contribution in [1.82, 2.24) is 0 Å². The van der Waals surface area contributed by atoms with Gasteiger partial charge in [0.05, 0.1) is 0 Å². The van der Waals surface area contributed by atoms with E-state index in [4.69, 9.17) is 0 Å². The second kappa shape index (κ2) is 7.31. The SMILES string of the molecule is O=C=N[Si](CCC(F)(F)C(F)(F)C(F)(F)C(F)(F)F)(N=C=O)N=C=O. The average molecular weight is 401 g/mol. The van der Waals surface area contributed by atoms with Gasteiger partial charge < -0.3 is 0 Å². The Hall–Kier alpha value is -2.27. The largest absolute Gasteiger partial charge is 0.467 e. The lowest BCUT2D eigenvalue weighted by Crippen LogP contribution is -2.61. The highest BCUT2D eigenvalue weighted by Gasteiger charge is 2.81. The molecule has 0 radical (unpaired) electrons. The van der Waals surface area contributed by atoms with E-state index in [9.17, 15) is 53.9 Å². The van der Waals surface area contributed by atoms with Gasteiger partial charge in [0.15, 0.2) is 0 Å². The molecule has 0 heterocycles. The summed E-state index contributed by atoms with van der Waals surface area (Å²) in [5.41, 5.74) is 0. The first-order valence-corrected chi connectivity index (χ1v) is 7.66. The number of isocyanates is 3. The number of hydrogen-bond acceptors (Lipinski definition) is 6.